The monoisotopic (exact) mass is 252 g/mol. The van der Waals surface area contributed by atoms with Crippen LogP contribution in [0.3, 0.4) is 0 Å². The van der Waals surface area contributed by atoms with Crippen LogP contribution in [-0.4, -0.2) is 23.6 Å². The van der Waals surface area contributed by atoms with Crippen molar-refractivity contribution in [2.24, 2.45) is 0 Å². The van der Waals surface area contributed by atoms with Gasteiger partial charge in [0.25, 0.3) is 0 Å². The summed E-state index contributed by atoms with van der Waals surface area (Å²) in [6, 6.07) is 12.1. The minimum atomic E-state index is 0.396. The maximum absolute atomic E-state index is 8.83. The van der Waals surface area contributed by atoms with Crippen LogP contribution in [0.15, 0.2) is 36.7 Å². The van der Waals surface area contributed by atoms with Crippen molar-refractivity contribution in [3.8, 4) is 6.07 Å². The number of hydrogen-bond acceptors (Lipinski definition) is 4. The van der Waals surface area contributed by atoms with Gasteiger partial charge in [0, 0.05) is 19.7 Å². The molecular weight excluding hydrogens is 236 g/mol. The Balaban J connectivity index is 2.03. The summed E-state index contributed by atoms with van der Waals surface area (Å²) in [6.07, 6.45) is 2.38. The fraction of sp³-hybridized carbons (Fsp3) is 0.267. The van der Waals surface area contributed by atoms with E-state index in [0.29, 0.717) is 5.69 Å². The Kier molecular flexibility index (Phi) is 4.09. The summed E-state index contributed by atoms with van der Waals surface area (Å²) in [5.41, 5.74) is 3.04. The lowest BCUT2D eigenvalue weighted by molar-refractivity contribution is 0.850. The molecule has 0 saturated carbocycles. The molecule has 0 amide bonds. The number of aromatic nitrogens is 2. The summed E-state index contributed by atoms with van der Waals surface area (Å²) in [6.45, 7) is 2.97. The van der Waals surface area contributed by atoms with Crippen molar-refractivity contribution in [2.45, 2.75) is 13.3 Å². The third kappa shape index (κ3) is 3.29. The second kappa shape index (κ2) is 5.96. The zero-order chi connectivity index (χ0) is 13.7. The van der Waals surface area contributed by atoms with Crippen LogP contribution in [0.25, 0.3) is 0 Å². The lowest BCUT2D eigenvalue weighted by atomic mass is 10.1. The minimum absolute atomic E-state index is 0.396. The van der Waals surface area contributed by atoms with Crippen LogP contribution in [0, 0.1) is 18.3 Å². The van der Waals surface area contributed by atoms with Gasteiger partial charge in [0.2, 0.25) is 0 Å². The predicted octanol–water partition coefficient (Wildman–Crippen LogP) is 2.34. The Bertz CT molecular complexity index is 601. The van der Waals surface area contributed by atoms with Gasteiger partial charge in [-0.25, -0.2) is 9.97 Å². The first kappa shape index (κ1) is 13.0. The van der Waals surface area contributed by atoms with Gasteiger partial charge in [-0.05, 0) is 24.5 Å². The first-order valence-corrected chi connectivity index (χ1v) is 6.18. The molecule has 0 aliphatic rings. The largest absolute Gasteiger partial charge is 0.359 e. The fourth-order valence-electron chi connectivity index (χ4n) is 1.91. The Morgan fingerprint density at radius 2 is 2.05 bits per heavy atom. The van der Waals surface area contributed by atoms with Crippen molar-refractivity contribution in [1.82, 2.24) is 9.97 Å². The van der Waals surface area contributed by atoms with Crippen molar-refractivity contribution in [3.05, 3.63) is 53.5 Å². The van der Waals surface area contributed by atoms with E-state index in [1.54, 1.807) is 6.07 Å². The average molecular weight is 252 g/mol. The highest BCUT2D eigenvalue weighted by Crippen LogP contribution is 2.12. The third-order valence-corrected chi connectivity index (χ3v) is 3.14. The smallest absolute Gasteiger partial charge is 0.145 e. The van der Waals surface area contributed by atoms with Gasteiger partial charge in [-0.1, -0.05) is 24.3 Å². The lowest BCUT2D eigenvalue weighted by Gasteiger charge is -2.18. The van der Waals surface area contributed by atoms with E-state index in [-0.39, 0.29) is 0 Å². The van der Waals surface area contributed by atoms with Crippen LogP contribution >= 0.6 is 0 Å². The molecule has 0 unspecified atom stereocenters. The molecule has 0 aliphatic heterocycles. The molecule has 96 valence electrons. The number of hydrogen-bond donors (Lipinski definition) is 0. The molecule has 0 atom stereocenters. The van der Waals surface area contributed by atoms with E-state index in [1.165, 1.54) is 17.5 Å². The molecule has 0 fully saturated rings. The summed E-state index contributed by atoms with van der Waals surface area (Å²) in [7, 11) is 1.97. The number of rotatable bonds is 4. The second-order valence-electron chi connectivity index (χ2n) is 4.47. The van der Waals surface area contributed by atoms with Gasteiger partial charge in [-0.3, -0.25) is 0 Å². The molecule has 4 nitrogen and oxygen atoms in total. The zero-order valence-corrected chi connectivity index (χ0v) is 11.2. The molecule has 0 saturated heterocycles. The standard InChI is InChI=1S/C15H16N4/c1-12-5-3-4-6-13(12)7-8-19(2)15-9-14(10-16)17-11-18-15/h3-6,9,11H,7-8H2,1-2H3. The first-order chi connectivity index (χ1) is 9.20. The molecule has 0 N–H and O–H groups in total. The third-order valence-electron chi connectivity index (χ3n) is 3.14. The molecule has 0 aliphatic carbocycles. The fourth-order valence-corrected chi connectivity index (χ4v) is 1.91. The Morgan fingerprint density at radius 1 is 1.26 bits per heavy atom. The summed E-state index contributed by atoms with van der Waals surface area (Å²) in [4.78, 5) is 10.1. The van der Waals surface area contributed by atoms with Crippen molar-refractivity contribution in [2.75, 3.05) is 18.5 Å². The van der Waals surface area contributed by atoms with Crippen LogP contribution in [0.1, 0.15) is 16.8 Å². The van der Waals surface area contributed by atoms with Gasteiger partial charge in [0.1, 0.15) is 23.9 Å². The van der Waals surface area contributed by atoms with E-state index in [2.05, 4.69) is 35.1 Å². The Labute approximate surface area is 113 Å². The summed E-state index contributed by atoms with van der Waals surface area (Å²) in [5.74, 6) is 0.778. The van der Waals surface area contributed by atoms with Crippen LogP contribution in [0.4, 0.5) is 5.82 Å². The van der Waals surface area contributed by atoms with Gasteiger partial charge >= 0.3 is 0 Å². The molecule has 1 heterocycles. The van der Waals surface area contributed by atoms with Gasteiger partial charge < -0.3 is 4.90 Å². The quantitative estimate of drug-likeness (QED) is 0.838. The predicted molar refractivity (Wildman–Crippen MR) is 74.9 cm³/mol. The molecule has 1 aromatic carbocycles. The molecule has 4 heteroatoms. The Morgan fingerprint density at radius 3 is 2.79 bits per heavy atom. The SMILES string of the molecule is Cc1ccccc1CCN(C)c1cc(C#N)ncn1. The van der Waals surface area contributed by atoms with E-state index < -0.39 is 0 Å². The molecule has 0 radical (unpaired) electrons. The van der Waals surface area contributed by atoms with Gasteiger partial charge in [-0.15, -0.1) is 0 Å². The van der Waals surface area contributed by atoms with Crippen LogP contribution in [0.2, 0.25) is 0 Å². The number of nitriles is 1. The summed E-state index contributed by atoms with van der Waals surface area (Å²) in [5, 5.41) is 8.83. The normalized spacial score (nSPS) is 9.95. The number of benzene rings is 1. The highest BCUT2D eigenvalue weighted by molar-refractivity contribution is 5.41. The average Bonchev–Trinajstić information content (AvgIpc) is 2.46. The van der Waals surface area contributed by atoms with Crippen LogP contribution in [0.5, 0.6) is 0 Å². The van der Waals surface area contributed by atoms with Crippen LogP contribution in [-0.2, 0) is 6.42 Å². The van der Waals surface area contributed by atoms with Crippen molar-refractivity contribution < 1.29 is 0 Å². The van der Waals surface area contributed by atoms with E-state index in [9.17, 15) is 0 Å². The molecule has 19 heavy (non-hydrogen) atoms. The van der Waals surface area contributed by atoms with E-state index in [4.69, 9.17) is 5.26 Å². The van der Waals surface area contributed by atoms with Crippen molar-refractivity contribution in [3.63, 3.8) is 0 Å². The van der Waals surface area contributed by atoms with Crippen LogP contribution < -0.4 is 4.90 Å². The van der Waals surface area contributed by atoms with Gasteiger partial charge in [0.05, 0.1) is 0 Å². The minimum Gasteiger partial charge on any atom is -0.359 e. The van der Waals surface area contributed by atoms with E-state index in [1.807, 2.05) is 24.1 Å². The molecule has 2 aromatic rings. The Hall–Kier alpha value is -2.41. The maximum Gasteiger partial charge on any atom is 0.145 e. The van der Waals surface area contributed by atoms with Crippen molar-refractivity contribution >= 4 is 5.82 Å². The van der Waals surface area contributed by atoms with Gasteiger partial charge in [-0.2, -0.15) is 5.26 Å². The van der Waals surface area contributed by atoms with E-state index >= 15 is 0 Å². The molecule has 1 aromatic heterocycles. The van der Waals surface area contributed by atoms with Crippen molar-refractivity contribution in [1.29, 1.82) is 5.26 Å². The van der Waals surface area contributed by atoms with Gasteiger partial charge in [0.15, 0.2) is 0 Å². The topological polar surface area (TPSA) is 52.8 Å². The molecule has 0 bridgehead atoms. The number of nitrogens with zero attached hydrogens (tertiary/aromatic N) is 4. The number of likely N-dealkylation sites (N-methyl/N-ethyl adjacent to an activating group) is 1. The molecule has 2 rings (SSSR count). The first-order valence-electron chi connectivity index (χ1n) is 6.18. The second-order valence-corrected chi connectivity index (χ2v) is 4.47. The highest BCUT2D eigenvalue weighted by Gasteiger charge is 2.05. The number of aryl methyl sites for hydroxylation is 1. The summed E-state index contributed by atoms with van der Waals surface area (Å²) >= 11 is 0. The lowest BCUT2D eigenvalue weighted by Crippen LogP contribution is -2.21. The summed E-state index contributed by atoms with van der Waals surface area (Å²) < 4.78 is 0. The highest BCUT2D eigenvalue weighted by atomic mass is 15.2. The molecule has 0 spiro atoms. The maximum atomic E-state index is 8.83. The zero-order valence-electron chi connectivity index (χ0n) is 11.2. The van der Waals surface area contributed by atoms with E-state index in [0.717, 1.165) is 18.8 Å². The molecular formula is C15H16N4. The number of anilines is 1.